The number of benzene rings is 1. The molecule has 0 aromatic heterocycles. The molecule has 0 spiro atoms. The summed E-state index contributed by atoms with van der Waals surface area (Å²) < 4.78 is 5.34. The zero-order valence-electron chi connectivity index (χ0n) is 11.8. The first kappa shape index (κ1) is 13.4. The fourth-order valence-electron chi connectivity index (χ4n) is 2.72. The van der Waals surface area contributed by atoms with E-state index in [-0.39, 0.29) is 0 Å². The van der Waals surface area contributed by atoms with Gasteiger partial charge in [-0.25, -0.2) is 0 Å². The van der Waals surface area contributed by atoms with E-state index in [0.29, 0.717) is 6.04 Å². The monoisotopic (exact) mass is 247 g/mol. The first-order chi connectivity index (χ1) is 8.76. The van der Waals surface area contributed by atoms with E-state index in [1.807, 2.05) is 0 Å². The molecule has 1 fully saturated rings. The SMILES string of the molecule is CCCNC(c1ccc(OC)c(C)c1)C1CCC1. The molecule has 1 saturated carbocycles. The van der Waals surface area contributed by atoms with Crippen LogP contribution in [-0.4, -0.2) is 13.7 Å². The van der Waals surface area contributed by atoms with Crippen molar-refractivity contribution in [1.29, 1.82) is 0 Å². The van der Waals surface area contributed by atoms with E-state index in [2.05, 4.69) is 37.4 Å². The van der Waals surface area contributed by atoms with Crippen molar-refractivity contribution in [2.24, 2.45) is 5.92 Å². The van der Waals surface area contributed by atoms with Crippen LogP contribution in [0.4, 0.5) is 0 Å². The summed E-state index contributed by atoms with van der Waals surface area (Å²) in [4.78, 5) is 0. The van der Waals surface area contributed by atoms with Gasteiger partial charge in [-0.05, 0) is 55.8 Å². The third kappa shape index (κ3) is 2.86. The molecule has 2 heteroatoms. The molecule has 1 aliphatic rings. The van der Waals surface area contributed by atoms with E-state index < -0.39 is 0 Å². The number of rotatable bonds is 6. The minimum atomic E-state index is 0.531. The van der Waals surface area contributed by atoms with E-state index in [0.717, 1.165) is 18.2 Å². The normalized spacial score (nSPS) is 17.3. The van der Waals surface area contributed by atoms with Crippen molar-refractivity contribution in [1.82, 2.24) is 5.32 Å². The summed E-state index contributed by atoms with van der Waals surface area (Å²) in [6.45, 7) is 5.45. The predicted molar refractivity (Wildman–Crippen MR) is 76.1 cm³/mol. The van der Waals surface area contributed by atoms with Crippen molar-refractivity contribution in [3.05, 3.63) is 29.3 Å². The summed E-state index contributed by atoms with van der Waals surface area (Å²) in [7, 11) is 1.74. The lowest BCUT2D eigenvalue weighted by Crippen LogP contribution is -2.32. The lowest BCUT2D eigenvalue weighted by molar-refractivity contribution is 0.231. The maximum atomic E-state index is 5.34. The molecule has 2 nitrogen and oxygen atoms in total. The van der Waals surface area contributed by atoms with Crippen LogP contribution in [0.15, 0.2) is 18.2 Å². The summed E-state index contributed by atoms with van der Waals surface area (Å²) in [5.41, 5.74) is 2.66. The molecule has 0 heterocycles. The molecule has 1 atom stereocenters. The van der Waals surface area contributed by atoms with Crippen LogP contribution >= 0.6 is 0 Å². The molecule has 18 heavy (non-hydrogen) atoms. The van der Waals surface area contributed by atoms with Crippen LogP contribution in [0, 0.1) is 12.8 Å². The highest BCUT2D eigenvalue weighted by molar-refractivity contribution is 5.37. The van der Waals surface area contributed by atoms with Gasteiger partial charge in [-0.3, -0.25) is 0 Å². The molecule has 100 valence electrons. The minimum Gasteiger partial charge on any atom is -0.496 e. The second-order valence-corrected chi connectivity index (χ2v) is 5.35. The largest absolute Gasteiger partial charge is 0.496 e. The summed E-state index contributed by atoms with van der Waals surface area (Å²) in [5.74, 6) is 1.81. The Morgan fingerprint density at radius 2 is 2.17 bits per heavy atom. The molecule has 1 aromatic carbocycles. The molecule has 0 saturated heterocycles. The molecule has 1 aliphatic carbocycles. The van der Waals surface area contributed by atoms with Gasteiger partial charge < -0.3 is 10.1 Å². The van der Waals surface area contributed by atoms with Crippen LogP contribution in [0.5, 0.6) is 5.75 Å². The van der Waals surface area contributed by atoms with Gasteiger partial charge in [-0.15, -0.1) is 0 Å². The Bertz CT molecular complexity index is 385. The third-order valence-corrected chi connectivity index (χ3v) is 4.01. The van der Waals surface area contributed by atoms with Gasteiger partial charge in [0.25, 0.3) is 0 Å². The van der Waals surface area contributed by atoms with Gasteiger partial charge >= 0.3 is 0 Å². The standard InChI is InChI=1S/C16H25NO/c1-4-10-17-16(13-6-5-7-13)14-8-9-15(18-3)12(2)11-14/h8-9,11,13,16-17H,4-7,10H2,1-3H3. The third-order valence-electron chi connectivity index (χ3n) is 4.01. The Labute approximate surface area is 111 Å². The van der Waals surface area contributed by atoms with Crippen LogP contribution < -0.4 is 10.1 Å². The van der Waals surface area contributed by atoms with Crippen LogP contribution in [0.25, 0.3) is 0 Å². The molecule has 0 radical (unpaired) electrons. The lowest BCUT2D eigenvalue weighted by atomic mass is 9.77. The highest BCUT2D eigenvalue weighted by atomic mass is 16.5. The average Bonchev–Trinajstić information content (AvgIpc) is 2.32. The molecule has 1 unspecified atom stereocenters. The van der Waals surface area contributed by atoms with Crippen molar-refractivity contribution in [2.45, 2.75) is 45.6 Å². The zero-order chi connectivity index (χ0) is 13.0. The van der Waals surface area contributed by atoms with Gasteiger partial charge in [0, 0.05) is 6.04 Å². The van der Waals surface area contributed by atoms with Crippen molar-refractivity contribution in [3.8, 4) is 5.75 Å². The summed E-state index contributed by atoms with van der Waals surface area (Å²) in [5, 5.41) is 3.71. The lowest BCUT2D eigenvalue weighted by Gasteiger charge is -2.35. The number of aryl methyl sites for hydroxylation is 1. The van der Waals surface area contributed by atoms with E-state index >= 15 is 0 Å². The summed E-state index contributed by atoms with van der Waals surface area (Å²) in [6.07, 6.45) is 5.32. The zero-order valence-corrected chi connectivity index (χ0v) is 11.8. The van der Waals surface area contributed by atoms with Crippen molar-refractivity contribution < 1.29 is 4.74 Å². The average molecular weight is 247 g/mol. The van der Waals surface area contributed by atoms with Gasteiger partial charge in [0.2, 0.25) is 0 Å². The molecule has 0 amide bonds. The Morgan fingerprint density at radius 1 is 1.39 bits per heavy atom. The number of nitrogens with one attached hydrogen (secondary N) is 1. The smallest absolute Gasteiger partial charge is 0.121 e. The van der Waals surface area contributed by atoms with E-state index in [4.69, 9.17) is 4.74 Å². The van der Waals surface area contributed by atoms with Crippen molar-refractivity contribution in [2.75, 3.05) is 13.7 Å². The van der Waals surface area contributed by atoms with E-state index in [1.54, 1.807) is 7.11 Å². The Morgan fingerprint density at radius 3 is 2.67 bits per heavy atom. The Kier molecular flexibility index (Phi) is 4.65. The number of ether oxygens (including phenoxy) is 1. The molecule has 1 N–H and O–H groups in total. The van der Waals surface area contributed by atoms with Gasteiger partial charge in [0.15, 0.2) is 0 Å². The Balaban J connectivity index is 2.15. The number of methoxy groups -OCH3 is 1. The van der Waals surface area contributed by atoms with Gasteiger partial charge in [-0.2, -0.15) is 0 Å². The van der Waals surface area contributed by atoms with Gasteiger partial charge in [-0.1, -0.05) is 25.5 Å². The maximum absolute atomic E-state index is 5.34. The molecular weight excluding hydrogens is 222 g/mol. The highest BCUT2D eigenvalue weighted by Gasteiger charge is 2.28. The van der Waals surface area contributed by atoms with Crippen LogP contribution in [0.2, 0.25) is 0 Å². The fourth-order valence-corrected chi connectivity index (χ4v) is 2.72. The first-order valence-corrected chi connectivity index (χ1v) is 7.14. The van der Waals surface area contributed by atoms with Gasteiger partial charge in [0.05, 0.1) is 7.11 Å². The molecule has 0 aliphatic heterocycles. The molecular formula is C16H25NO. The molecule has 1 aromatic rings. The van der Waals surface area contributed by atoms with E-state index in [9.17, 15) is 0 Å². The van der Waals surface area contributed by atoms with E-state index in [1.165, 1.54) is 36.8 Å². The Hall–Kier alpha value is -1.02. The van der Waals surface area contributed by atoms with Crippen LogP contribution in [-0.2, 0) is 0 Å². The maximum Gasteiger partial charge on any atom is 0.121 e. The minimum absolute atomic E-state index is 0.531. The number of hydrogen-bond acceptors (Lipinski definition) is 2. The predicted octanol–water partition coefficient (Wildman–Crippen LogP) is 3.84. The first-order valence-electron chi connectivity index (χ1n) is 7.14. The summed E-state index contributed by atoms with van der Waals surface area (Å²) in [6, 6.07) is 7.13. The topological polar surface area (TPSA) is 21.3 Å². The van der Waals surface area contributed by atoms with Crippen LogP contribution in [0.1, 0.15) is 49.8 Å². The van der Waals surface area contributed by atoms with Gasteiger partial charge in [0.1, 0.15) is 5.75 Å². The summed E-state index contributed by atoms with van der Waals surface area (Å²) >= 11 is 0. The van der Waals surface area contributed by atoms with Crippen molar-refractivity contribution in [3.63, 3.8) is 0 Å². The second kappa shape index (κ2) is 6.24. The highest BCUT2D eigenvalue weighted by Crippen LogP contribution is 2.38. The number of hydrogen-bond donors (Lipinski definition) is 1. The molecule has 2 rings (SSSR count). The van der Waals surface area contributed by atoms with Crippen molar-refractivity contribution >= 4 is 0 Å². The second-order valence-electron chi connectivity index (χ2n) is 5.35. The molecule has 0 bridgehead atoms. The quantitative estimate of drug-likeness (QED) is 0.824. The van der Waals surface area contributed by atoms with Crippen LogP contribution in [0.3, 0.4) is 0 Å². The fraction of sp³-hybridized carbons (Fsp3) is 0.625.